The van der Waals surface area contributed by atoms with Gasteiger partial charge in [0.15, 0.2) is 0 Å². The minimum Gasteiger partial charge on any atom is -0.306 e. The van der Waals surface area contributed by atoms with Crippen molar-refractivity contribution < 1.29 is 0 Å². The summed E-state index contributed by atoms with van der Waals surface area (Å²) in [6, 6.07) is 9.57. The Morgan fingerprint density at radius 2 is 1.96 bits per heavy atom. The second-order valence-electron chi connectivity index (χ2n) is 6.60. The molecular formula is C20H21N5O. The highest BCUT2D eigenvalue weighted by Gasteiger charge is 2.26. The van der Waals surface area contributed by atoms with Crippen LogP contribution in [-0.4, -0.2) is 31.4 Å². The Hall–Kier alpha value is -2.86. The van der Waals surface area contributed by atoms with E-state index in [-0.39, 0.29) is 11.6 Å². The molecule has 0 unspecified atom stereocenters. The number of likely N-dealkylation sites (tertiary alicyclic amines) is 1. The van der Waals surface area contributed by atoms with Gasteiger partial charge in [0.2, 0.25) is 0 Å². The van der Waals surface area contributed by atoms with E-state index < -0.39 is 0 Å². The summed E-state index contributed by atoms with van der Waals surface area (Å²) in [5.41, 5.74) is 2.70. The zero-order valence-electron chi connectivity index (χ0n) is 14.5. The molecule has 0 aromatic carbocycles. The van der Waals surface area contributed by atoms with E-state index in [0.717, 1.165) is 43.6 Å². The van der Waals surface area contributed by atoms with E-state index in [4.69, 9.17) is 4.98 Å². The van der Waals surface area contributed by atoms with Crippen molar-refractivity contribution in [2.45, 2.75) is 31.8 Å². The number of aromatic nitrogens is 4. The number of rotatable bonds is 4. The fraction of sp³-hybridized carbons (Fsp3) is 0.300. The predicted octanol–water partition coefficient (Wildman–Crippen LogP) is 2.95. The van der Waals surface area contributed by atoms with Gasteiger partial charge in [-0.3, -0.25) is 19.7 Å². The first kappa shape index (κ1) is 16.6. The molecule has 1 fully saturated rings. The van der Waals surface area contributed by atoms with Crippen molar-refractivity contribution in [1.29, 1.82) is 0 Å². The van der Waals surface area contributed by atoms with Crippen LogP contribution in [0.4, 0.5) is 0 Å². The van der Waals surface area contributed by atoms with E-state index in [9.17, 15) is 4.79 Å². The molecule has 0 saturated carbocycles. The summed E-state index contributed by atoms with van der Waals surface area (Å²) in [7, 11) is 0. The van der Waals surface area contributed by atoms with E-state index in [2.05, 4.69) is 25.9 Å². The first-order chi connectivity index (χ1) is 12.8. The lowest BCUT2D eigenvalue weighted by molar-refractivity contribution is 0.137. The number of hydrogen-bond acceptors (Lipinski definition) is 5. The van der Waals surface area contributed by atoms with Crippen LogP contribution in [0.25, 0.3) is 11.4 Å². The van der Waals surface area contributed by atoms with Gasteiger partial charge in [0.25, 0.3) is 5.56 Å². The molecule has 1 aliphatic rings. The van der Waals surface area contributed by atoms with Gasteiger partial charge in [0, 0.05) is 43.0 Å². The topological polar surface area (TPSA) is 74.8 Å². The number of nitrogens with zero attached hydrogens (tertiary/aromatic N) is 4. The van der Waals surface area contributed by atoms with Crippen LogP contribution < -0.4 is 5.56 Å². The van der Waals surface area contributed by atoms with E-state index in [1.54, 1.807) is 24.7 Å². The van der Waals surface area contributed by atoms with Crippen molar-refractivity contribution in [2.75, 3.05) is 6.54 Å². The third-order valence-electron chi connectivity index (χ3n) is 4.76. The maximum Gasteiger partial charge on any atom is 0.251 e. The molecule has 4 rings (SSSR count). The van der Waals surface area contributed by atoms with E-state index >= 15 is 0 Å². The Kier molecular flexibility index (Phi) is 4.84. The van der Waals surface area contributed by atoms with Gasteiger partial charge in [-0.2, -0.15) is 0 Å². The Morgan fingerprint density at radius 3 is 2.73 bits per heavy atom. The summed E-state index contributed by atoms with van der Waals surface area (Å²) in [4.78, 5) is 30.6. The van der Waals surface area contributed by atoms with E-state index in [1.165, 1.54) is 5.56 Å². The fourth-order valence-corrected chi connectivity index (χ4v) is 3.53. The summed E-state index contributed by atoms with van der Waals surface area (Å²) in [5.74, 6) is 0.576. The highest BCUT2D eigenvalue weighted by Crippen LogP contribution is 2.31. The molecule has 1 aliphatic heterocycles. The van der Waals surface area contributed by atoms with Crippen LogP contribution in [0.1, 0.15) is 36.6 Å². The Bertz CT molecular complexity index is 910. The second kappa shape index (κ2) is 7.58. The highest BCUT2D eigenvalue weighted by molar-refractivity contribution is 5.52. The summed E-state index contributed by atoms with van der Waals surface area (Å²) < 4.78 is 0. The van der Waals surface area contributed by atoms with Gasteiger partial charge in [-0.1, -0.05) is 12.5 Å². The quantitative estimate of drug-likeness (QED) is 0.785. The molecule has 0 bridgehead atoms. The first-order valence-electron chi connectivity index (χ1n) is 8.94. The fourth-order valence-electron chi connectivity index (χ4n) is 3.53. The van der Waals surface area contributed by atoms with Crippen LogP contribution >= 0.6 is 0 Å². The first-order valence-corrected chi connectivity index (χ1v) is 8.94. The summed E-state index contributed by atoms with van der Waals surface area (Å²) in [6.45, 7) is 1.81. The third-order valence-corrected chi connectivity index (χ3v) is 4.76. The molecule has 4 heterocycles. The number of nitrogens with one attached hydrogen (secondary N) is 1. The van der Waals surface area contributed by atoms with Crippen LogP contribution in [0.15, 0.2) is 59.9 Å². The number of hydrogen-bond donors (Lipinski definition) is 1. The molecular weight excluding hydrogens is 326 g/mol. The maximum atomic E-state index is 12.2. The zero-order chi connectivity index (χ0) is 17.8. The molecule has 6 nitrogen and oxygen atoms in total. The van der Waals surface area contributed by atoms with E-state index in [0.29, 0.717) is 5.82 Å². The molecule has 1 N–H and O–H groups in total. The molecule has 6 heteroatoms. The van der Waals surface area contributed by atoms with Gasteiger partial charge < -0.3 is 4.98 Å². The van der Waals surface area contributed by atoms with Gasteiger partial charge in [0.05, 0.1) is 11.7 Å². The molecule has 3 aromatic rings. The Balaban J connectivity index is 1.66. The minimum atomic E-state index is -0.124. The Morgan fingerprint density at radius 1 is 1.12 bits per heavy atom. The normalized spacial score (nSPS) is 17.9. The summed E-state index contributed by atoms with van der Waals surface area (Å²) in [6.07, 6.45) is 10.4. The lowest BCUT2D eigenvalue weighted by Crippen LogP contribution is -2.34. The van der Waals surface area contributed by atoms with Gasteiger partial charge >= 0.3 is 0 Å². The van der Waals surface area contributed by atoms with Crippen LogP contribution in [0.3, 0.4) is 0 Å². The predicted molar refractivity (Wildman–Crippen MR) is 99.3 cm³/mol. The molecule has 0 radical (unpaired) electrons. The average Bonchev–Trinajstić information content (AvgIpc) is 2.69. The smallest absolute Gasteiger partial charge is 0.251 e. The average molecular weight is 347 g/mol. The molecule has 0 amide bonds. The van der Waals surface area contributed by atoms with Crippen LogP contribution in [0.5, 0.6) is 0 Å². The Labute approximate surface area is 152 Å². The lowest BCUT2D eigenvalue weighted by Gasteiger charge is -2.35. The zero-order valence-corrected chi connectivity index (χ0v) is 14.5. The van der Waals surface area contributed by atoms with Gasteiger partial charge in [-0.15, -0.1) is 0 Å². The monoisotopic (exact) mass is 347 g/mol. The lowest BCUT2D eigenvalue weighted by atomic mass is 9.98. The van der Waals surface area contributed by atoms with E-state index in [1.807, 2.05) is 24.4 Å². The highest BCUT2D eigenvalue weighted by atomic mass is 16.1. The number of pyridine rings is 2. The maximum absolute atomic E-state index is 12.2. The van der Waals surface area contributed by atoms with Crippen molar-refractivity contribution in [1.82, 2.24) is 24.8 Å². The van der Waals surface area contributed by atoms with Crippen molar-refractivity contribution in [3.63, 3.8) is 0 Å². The summed E-state index contributed by atoms with van der Waals surface area (Å²) in [5, 5.41) is 0. The van der Waals surface area contributed by atoms with Gasteiger partial charge in [0.1, 0.15) is 5.82 Å². The van der Waals surface area contributed by atoms with Crippen LogP contribution in [-0.2, 0) is 6.54 Å². The molecule has 1 atom stereocenters. The van der Waals surface area contributed by atoms with Crippen molar-refractivity contribution in [3.05, 3.63) is 76.7 Å². The van der Waals surface area contributed by atoms with Crippen molar-refractivity contribution in [3.8, 4) is 11.4 Å². The number of H-pyrrole nitrogens is 1. The number of aromatic amines is 1. The second-order valence-corrected chi connectivity index (χ2v) is 6.60. The molecule has 26 heavy (non-hydrogen) atoms. The third kappa shape index (κ3) is 3.70. The number of piperidine rings is 1. The van der Waals surface area contributed by atoms with Crippen molar-refractivity contribution in [2.24, 2.45) is 0 Å². The standard InChI is InChI=1S/C20H21N5O/c26-19-11-17(23-20(24-19)16-6-4-9-22-13-16)18-7-1-2-10-25(18)14-15-5-3-8-21-12-15/h3-6,8-9,11-13,18H,1-2,7,10,14H2,(H,23,24,26)/t18-/m0/s1. The van der Waals surface area contributed by atoms with Gasteiger partial charge in [-0.05, 0) is 43.1 Å². The van der Waals surface area contributed by atoms with Crippen LogP contribution in [0.2, 0.25) is 0 Å². The molecule has 0 spiro atoms. The minimum absolute atomic E-state index is 0.124. The molecule has 132 valence electrons. The molecule has 3 aromatic heterocycles. The largest absolute Gasteiger partial charge is 0.306 e. The SMILES string of the molecule is O=c1cc([C@@H]2CCCCN2Cc2cccnc2)nc(-c2cccnc2)[nH]1. The molecule has 0 aliphatic carbocycles. The summed E-state index contributed by atoms with van der Waals surface area (Å²) >= 11 is 0. The van der Waals surface area contributed by atoms with Crippen molar-refractivity contribution >= 4 is 0 Å². The van der Waals surface area contributed by atoms with Gasteiger partial charge in [-0.25, -0.2) is 4.98 Å². The van der Waals surface area contributed by atoms with Crippen LogP contribution in [0, 0.1) is 0 Å². The molecule has 1 saturated heterocycles.